The standard InChI is InChI=1S/C54H34N4O2/c1-54(2)42-28-33(23-25-34(42)39-29-41-36-16-7-10-20-46(36)60-49(41)30-43(39)54)32-24-26-45-40(27-32)35-15-6-9-19-44(35)58(45)53-56-51(31-13-4-3-5-14-31)55-52(57-53)38-18-12-22-48-50(38)37-17-8-11-21-47(37)59-48/h3-30H,1-2H3. The summed E-state index contributed by atoms with van der Waals surface area (Å²) >= 11 is 0. The summed E-state index contributed by atoms with van der Waals surface area (Å²) in [4.78, 5) is 15.6. The lowest BCUT2D eigenvalue weighted by atomic mass is 9.81. The van der Waals surface area contributed by atoms with Crippen molar-refractivity contribution < 1.29 is 8.83 Å². The van der Waals surface area contributed by atoms with Crippen molar-refractivity contribution in [3.05, 3.63) is 181 Å². The molecule has 4 heterocycles. The Kier molecular flexibility index (Phi) is 6.69. The van der Waals surface area contributed by atoms with E-state index in [1.807, 2.05) is 72.8 Å². The molecule has 0 atom stereocenters. The lowest BCUT2D eigenvalue weighted by molar-refractivity contribution is 0.647. The first kappa shape index (κ1) is 33.2. The molecule has 0 bridgehead atoms. The average Bonchev–Trinajstić information content (AvgIpc) is 4.02. The van der Waals surface area contributed by atoms with Crippen molar-refractivity contribution in [1.29, 1.82) is 0 Å². The molecule has 60 heavy (non-hydrogen) atoms. The molecule has 8 aromatic carbocycles. The van der Waals surface area contributed by atoms with Crippen LogP contribution in [0.1, 0.15) is 25.0 Å². The van der Waals surface area contributed by atoms with Crippen LogP contribution in [-0.4, -0.2) is 19.5 Å². The van der Waals surface area contributed by atoms with Crippen molar-refractivity contribution >= 4 is 65.7 Å². The molecule has 0 radical (unpaired) electrons. The number of para-hydroxylation sites is 3. The van der Waals surface area contributed by atoms with Gasteiger partial charge >= 0.3 is 0 Å². The van der Waals surface area contributed by atoms with E-state index < -0.39 is 0 Å². The summed E-state index contributed by atoms with van der Waals surface area (Å²) in [6, 6.07) is 59.5. The molecule has 0 saturated carbocycles. The molecule has 0 spiro atoms. The predicted molar refractivity (Wildman–Crippen MR) is 243 cm³/mol. The molecule has 0 amide bonds. The summed E-state index contributed by atoms with van der Waals surface area (Å²) in [6.07, 6.45) is 0. The molecule has 1 aliphatic rings. The van der Waals surface area contributed by atoms with E-state index in [4.69, 9.17) is 23.8 Å². The van der Waals surface area contributed by atoms with Gasteiger partial charge in [0.2, 0.25) is 5.95 Å². The Balaban J connectivity index is 0.984. The van der Waals surface area contributed by atoms with Gasteiger partial charge in [0.15, 0.2) is 11.6 Å². The molecular formula is C54H34N4O2. The molecule has 0 N–H and O–H groups in total. The number of aromatic nitrogens is 4. The normalized spacial score (nSPS) is 13.3. The van der Waals surface area contributed by atoms with E-state index in [-0.39, 0.29) is 5.41 Å². The fraction of sp³-hybridized carbons (Fsp3) is 0.0556. The zero-order valence-electron chi connectivity index (χ0n) is 32.8. The summed E-state index contributed by atoms with van der Waals surface area (Å²) in [5, 5.41) is 6.58. The van der Waals surface area contributed by atoms with Crippen LogP contribution in [0.3, 0.4) is 0 Å². The SMILES string of the molecule is CC1(C)c2cc(-c3ccc4c(c3)c3ccccc3n4-c3nc(-c4ccccc4)nc(-c4cccc5oc6ccccc6c45)n3)ccc2-c2cc3c(cc21)oc1ccccc13. The molecule has 0 unspecified atom stereocenters. The quantitative estimate of drug-likeness (QED) is 0.178. The van der Waals surface area contributed by atoms with Crippen LogP contribution in [0.15, 0.2) is 179 Å². The highest BCUT2D eigenvalue weighted by molar-refractivity contribution is 6.13. The van der Waals surface area contributed by atoms with Gasteiger partial charge in [-0.05, 0) is 88.0 Å². The van der Waals surface area contributed by atoms with Crippen LogP contribution < -0.4 is 0 Å². The highest BCUT2D eigenvalue weighted by Crippen LogP contribution is 2.52. The molecule has 4 aromatic heterocycles. The minimum absolute atomic E-state index is 0.201. The number of hydrogen-bond acceptors (Lipinski definition) is 5. The second kappa shape index (κ2) is 12.1. The second-order valence-electron chi connectivity index (χ2n) is 16.4. The first-order chi connectivity index (χ1) is 29.5. The smallest absolute Gasteiger partial charge is 0.238 e. The molecular weight excluding hydrogens is 737 g/mol. The first-order valence-electron chi connectivity index (χ1n) is 20.3. The summed E-state index contributed by atoms with van der Waals surface area (Å²) in [5.74, 6) is 1.74. The maximum atomic E-state index is 6.34. The Hall–Kier alpha value is -7.83. The van der Waals surface area contributed by atoms with E-state index in [0.717, 1.165) is 82.4 Å². The van der Waals surface area contributed by atoms with Gasteiger partial charge in [0.05, 0.1) is 11.0 Å². The maximum Gasteiger partial charge on any atom is 0.238 e. The highest BCUT2D eigenvalue weighted by atomic mass is 16.3. The van der Waals surface area contributed by atoms with E-state index in [0.29, 0.717) is 17.6 Å². The number of fused-ring (bicyclic) bond motifs is 12. The number of benzene rings is 8. The van der Waals surface area contributed by atoms with Gasteiger partial charge in [0.25, 0.3) is 0 Å². The van der Waals surface area contributed by atoms with E-state index in [2.05, 4.69) is 115 Å². The lowest BCUT2D eigenvalue weighted by Crippen LogP contribution is -2.15. The molecule has 0 fully saturated rings. The molecule has 6 nitrogen and oxygen atoms in total. The third kappa shape index (κ3) is 4.67. The third-order valence-corrected chi connectivity index (χ3v) is 12.7. The Labute approximate surface area is 344 Å². The van der Waals surface area contributed by atoms with Crippen LogP contribution >= 0.6 is 0 Å². The second-order valence-corrected chi connectivity index (χ2v) is 16.4. The van der Waals surface area contributed by atoms with Crippen LogP contribution in [0.2, 0.25) is 0 Å². The zero-order valence-corrected chi connectivity index (χ0v) is 32.8. The number of furan rings is 2. The minimum atomic E-state index is -0.201. The van der Waals surface area contributed by atoms with Gasteiger partial charge in [0, 0.05) is 48.9 Å². The molecule has 0 aliphatic heterocycles. The molecule has 0 saturated heterocycles. The fourth-order valence-corrected chi connectivity index (χ4v) is 9.76. The summed E-state index contributed by atoms with van der Waals surface area (Å²) in [7, 11) is 0. The van der Waals surface area contributed by atoms with Crippen molar-refractivity contribution in [3.8, 4) is 51.0 Å². The van der Waals surface area contributed by atoms with Crippen molar-refractivity contribution in [3.63, 3.8) is 0 Å². The van der Waals surface area contributed by atoms with Gasteiger partial charge in [-0.25, -0.2) is 4.98 Å². The van der Waals surface area contributed by atoms with E-state index >= 15 is 0 Å². The van der Waals surface area contributed by atoms with Crippen molar-refractivity contribution in [2.75, 3.05) is 0 Å². The van der Waals surface area contributed by atoms with Gasteiger partial charge in [-0.3, -0.25) is 4.57 Å². The van der Waals surface area contributed by atoms with Gasteiger partial charge in [-0.15, -0.1) is 0 Å². The Morgan fingerprint density at radius 3 is 1.92 bits per heavy atom. The fourth-order valence-electron chi connectivity index (χ4n) is 9.76. The van der Waals surface area contributed by atoms with Gasteiger partial charge < -0.3 is 8.83 Å². The summed E-state index contributed by atoms with van der Waals surface area (Å²) in [5.41, 5.74) is 14.6. The van der Waals surface area contributed by atoms with Gasteiger partial charge in [-0.1, -0.05) is 129 Å². The Morgan fingerprint density at radius 2 is 1.05 bits per heavy atom. The van der Waals surface area contributed by atoms with Crippen LogP contribution in [0, 0.1) is 0 Å². The predicted octanol–water partition coefficient (Wildman–Crippen LogP) is 14.1. The van der Waals surface area contributed by atoms with Crippen LogP contribution in [0.4, 0.5) is 0 Å². The van der Waals surface area contributed by atoms with Crippen LogP contribution in [0.5, 0.6) is 0 Å². The number of nitrogens with zero attached hydrogens (tertiary/aromatic N) is 4. The van der Waals surface area contributed by atoms with Gasteiger partial charge in [-0.2, -0.15) is 9.97 Å². The number of hydrogen-bond donors (Lipinski definition) is 0. The highest BCUT2D eigenvalue weighted by Gasteiger charge is 2.36. The molecule has 6 heteroatoms. The minimum Gasteiger partial charge on any atom is -0.456 e. The summed E-state index contributed by atoms with van der Waals surface area (Å²) in [6.45, 7) is 4.66. The van der Waals surface area contributed by atoms with Gasteiger partial charge in [0.1, 0.15) is 22.3 Å². The number of rotatable bonds is 4. The molecule has 12 aromatic rings. The van der Waals surface area contributed by atoms with Crippen LogP contribution in [-0.2, 0) is 5.41 Å². The topological polar surface area (TPSA) is 69.9 Å². The Bertz CT molecular complexity index is 3760. The average molecular weight is 771 g/mol. The monoisotopic (exact) mass is 770 g/mol. The van der Waals surface area contributed by atoms with E-state index in [9.17, 15) is 0 Å². The van der Waals surface area contributed by atoms with E-state index in [1.54, 1.807) is 0 Å². The summed E-state index contributed by atoms with van der Waals surface area (Å²) < 4.78 is 14.8. The van der Waals surface area contributed by atoms with Crippen molar-refractivity contribution in [2.45, 2.75) is 19.3 Å². The van der Waals surface area contributed by atoms with Crippen LogP contribution in [0.25, 0.3) is 117 Å². The molecule has 13 rings (SSSR count). The molecule has 1 aliphatic carbocycles. The zero-order chi connectivity index (χ0) is 39.7. The van der Waals surface area contributed by atoms with E-state index in [1.165, 1.54) is 27.8 Å². The molecule has 282 valence electrons. The third-order valence-electron chi connectivity index (χ3n) is 12.7. The van der Waals surface area contributed by atoms with Crippen molar-refractivity contribution in [2.24, 2.45) is 0 Å². The first-order valence-corrected chi connectivity index (χ1v) is 20.3. The largest absolute Gasteiger partial charge is 0.456 e. The lowest BCUT2D eigenvalue weighted by Gasteiger charge is -2.22. The Morgan fingerprint density at radius 1 is 0.400 bits per heavy atom. The van der Waals surface area contributed by atoms with Crippen molar-refractivity contribution in [1.82, 2.24) is 19.5 Å². The maximum absolute atomic E-state index is 6.34.